The monoisotopic (exact) mass is 258 g/mol. The first-order valence-electron chi connectivity index (χ1n) is 5.45. The Balaban J connectivity index is 1.71. The second-order valence-corrected chi connectivity index (χ2v) is 4.84. The second kappa shape index (κ2) is 4.58. The Labute approximate surface area is 107 Å². The molecule has 1 amide bonds. The molecule has 0 radical (unpaired) electrons. The van der Waals surface area contributed by atoms with Gasteiger partial charge in [-0.3, -0.25) is 9.89 Å². The summed E-state index contributed by atoms with van der Waals surface area (Å²) in [6.45, 7) is 0.428. The summed E-state index contributed by atoms with van der Waals surface area (Å²) in [4.78, 5) is 16.1. The summed E-state index contributed by atoms with van der Waals surface area (Å²) >= 11 is 1.58. The van der Waals surface area contributed by atoms with Crippen LogP contribution in [-0.4, -0.2) is 21.1 Å². The summed E-state index contributed by atoms with van der Waals surface area (Å²) in [6, 6.07) is 9.55. The molecule has 0 saturated heterocycles. The van der Waals surface area contributed by atoms with E-state index in [1.807, 2.05) is 24.3 Å². The fourth-order valence-corrected chi connectivity index (χ4v) is 2.54. The zero-order chi connectivity index (χ0) is 12.4. The van der Waals surface area contributed by atoms with Gasteiger partial charge < -0.3 is 5.32 Å². The lowest BCUT2D eigenvalue weighted by Gasteiger charge is -1.99. The van der Waals surface area contributed by atoms with Crippen LogP contribution < -0.4 is 5.32 Å². The molecule has 5 nitrogen and oxygen atoms in total. The van der Waals surface area contributed by atoms with Crippen LogP contribution in [0, 0.1) is 0 Å². The van der Waals surface area contributed by atoms with Gasteiger partial charge in [0.25, 0.3) is 5.91 Å². The van der Waals surface area contributed by atoms with Gasteiger partial charge >= 0.3 is 0 Å². The summed E-state index contributed by atoms with van der Waals surface area (Å²) < 4.78 is 1.13. The number of benzene rings is 1. The molecule has 90 valence electrons. The van der Waals surface area contributed by atoms with Gasteiger partial charge in [-0.15, -0.1) is 11.3 Å². The van der Waals surface area contributed by atoms with Crippen molar-refractivity contribution in [2.24, 2.45) is 0 Å². The molecule has 18 heavy (non-hydrogen) atoms. The predicted molar refractivity (Wildman–Crippen MR) is 69.4 cm³/mol. The van der Waals surface area contributed by atoms with Crippen LogP contribution in [-0.2, 0) is 6.54 Å². The van der Waals surface area contributed by atoms with Crippen molar-refractivity contribution in [2.75, 3.05) is 0 Å². The molecule has 0 saturated carbocycles. The highest BCUT2D eigenvalue weighted by molar-refractivity contribution is 7.18. The van der Waals surface area contributed by atoms with Gasteiger partial charge in [-0.2, -0.15) is 5.10 Å². The third kappa shape index (κ3) is 2.10. The number of H-pyrrole nitrogens is 1. The van der Waals surface area contributed by atoms with Gasteiger partial charge in [0.1, 0.15) is 10.7 Å². The highest BCUT2D eigenvalue weighted by Crippen LogP contribution is 2.21. The van der Waals surface area contributed by atoms with Gasteiger partial charge in [-0.25, -0.2) is 4.98 Å². The minimum atomic E-state index is -0.174. The first-order chi connectivity index (χ1) is 8.83. The van der Waals surface area contributed by atoms with E-state index in [1.165, 1.54) is 0 Å². The largest absolute Gasteiger partial charge is 0.344 e. The zero-order valence-corrected chi connectivity index (χ0v) is 10.2. The lowest BCUT2D eigenvalue weighted by molar-refractivity contribution is 0.0946. The maximum atomic E-state index is 11.7. The molecule has 6 heteroatoms. The number of hydrogen-bond donors (Lipinski definition) is 2. The van der Waals surface area contributed by atoms with Crippen LogP contribution in [0.5, 0.6) is 0 Å². The maximum Gasteiger partial charge on any atom is 0.269 e. The molecule has 0 unspecified atom stereocenters. The molecular weight excluding hydrogens is 248 g/mol. The summed E-state index contributed by atoms with van der Waals surface area (Å²) in [6.07, 6.45) is 1.55. The molecule has 3 aromatic rings. The quantitative estimate of drug-likeness (QED) is 0.754. The van der Waals surface area contributed by atoms with E-state index in [-0.39, 0.29) is 5.91 Å². The minimum absolute atomic E-state index is 0.174. The van der Waals surface area contributed by atoms with Crippen molar-refractivity contribution in [3.8, 4) is 0 Å². The number of aromatic amines is 1. The van der Waals surface area contributed by atoms with Crippen molar-refractivity contribution < 1.29 is 4.79 Å². The lowest BCUT2D eigenvalue weighted by Crippen LogP contribution is -2.23. The Morgan fingerprint density at radius 2 is 2.22 bits per heavy atom. The van der Waals surface area contributed by atoms with E-state index < -0.39 is 0 Å². The average Bonchev–Trinajstić information content (AvgIpc) is 3.04. The van der Waals surface area contributed by atoms with Crippen molar-refractivity contribution in [3.63, 3.8) is 0 Å². The molecule has 2 aromatic heterocycles. The van der Waals surface area contributed by atoms with Crippen LogP contribution >= 0.6 is 11.3 Å². The van der Waals surface area contributed by atoms with E-state index >= 15 is 0 Å². The number of fused-ring (bicyclic) bond motifs is 1. The first kappa shape index (κ1) is 10.9. The van der Waals surface area contributed by atoms with E-state index in [0.29, 0.717) is 12.2 Å². The van der Waals surface area contributed by atoms with Crippen molar-refractivity contribution in [3.05, 3.63) is 47.2 Å². The van der Waals surface area contributed by atoms with Crippen molar-refractivity contribution in [2.45, 2.75) is 6.54 Å². The highest BCUT2D eigenvalue weighted by atomic mass is 32.1. The van der Waals surface area contributed by atoms with Crippen LogP contribution in [0.1, 0.15) is 15.5 Å². The number of thiazole rings is 1. The summed E-state index contributed by atoms with van der Waals surface area (Å²) in [5.41, 5.74) is 1.42. The van der Waals surface area contributed by atoms with E-state index in [0.717, 1.165) is 15.2 Å². The number of carbonyl (C=O) groups excluding carboxylic acids is 1. The maximum absolute atomic E-state index is 11.7. The Hall–Kier alpha value is -2.21. The molecule has 0 fully saturated rings. The number of rotatable bonds is 3. The molecule has 0 spiro atoms. The number of amides is 1. The summed E-state index contributed by atoms with van der Waals surface area (Å²) in [5.74, 6) is -0.174. The fourth-order valence-electron chi connectivity index (χ4n) is 1.63. The van der Waals surface area contributed by atoms with Crippen LogP contribution in [0.2, 0.25) is 0 Å². The van der Waals surface area contributed by atoms with E-state index in [1.54, 1.807) is 23.6 Å². The van der Waals surface area contributed by atoms with E-state index in [9.17, 15) is 4.79 Å². The Morgan fingerprint density at radius 3 is 3.00 bits per heavy atom. The van der Waals surface area contributed by atoms with Gasteiger partial charge in [0, 0.05) is 6.20 Å². The normalized spacial score (nSPS) is 10.7. The zero-order valence-electron chi connectivity index (χ0n) is 9.38. The molecule has 1 aromatic carbocycles. The molecule has 2 N–H and O–H groups in total. The first-order valence-corrected chi connectivity index (χ1v) is 6.26. The SMILES string of the molecule is O=C(NCc1nc2ccccc2s1)c1ccn[nH]1. The highest BCUT2D eigenvalue weighted by Gasteiger charge is 2.08. The fraction of sp³-hybridized carbons (Fsp3) is 0.0833. The van der Waals surface area contributed by atoms with Gasteiger partial charge in [0.2, 0.25) is 0 Å². The molecule has 2 heterocycles. The standard InChI is InChI=1S/C12H10N4OS/c17-12(9-5-6-14-16-9)13-7-11-15-8-3-1-2-4-10(8)18-11/h1-6H,7H2,(H,13,17)(H,14,16). The molecular formula is C12H10N4OS. The third-order valence-corrected chi connectivity index (χ3v) is 3.52. The molecule has 0 bridgehead atoms. The molecule has 0 aliphatic rings. The Bertz CT molecular complexity index is 641. The van der Waals surface area contributed by atoms with Crippen LogP contribution in [0.25, 0.3) is 10.2 Å². The summed E-state index contributed by atoms with van der Waals surface area (Å²) in [5, 5.41) is 10.0. The number of nitrogens with zero attached hydrogens (tertiary/aromatic N) is 2. The van der Waals surface area contributed by atoms with Crippen LogP contribution in [0.15, 0.2) is 36.5 Å². The second-order valence-electron chi connectivity index (χ2n) is 3.73. The molecule has 0 atom stereocenters. The van der Waals surface area contributed by atoms with Crippen LogP contribution in [0.4, 0.5) is 0 Å². The number of hydrogen-bond acceptors (Lipinski definition) is 4. The van der Waals surface area contributed by atoms with E-state index in [2.05, 4.69) is 20.5 Å². The minimum Gasteiger partial charge on any atom is -0.344 e. The molecule has 0 aliphatic heterocycles. The van der Waals surface area contributed by atoms with Gasteiger partial charge in [0.05, 0.1) is 16.8 Å². The smallest absolute Gasteiger partial charge is 0.269 e. The van der Waals surface area contributed by atoms with Gasteiger partial charge in [0.15, 0.2) is 0 Å². The molecule has 3 rings (SSSR count). The van der Waals surface area contributed by atoms with Crippen molar-refractivity contribution in [1.82, 2.24) is 20.5 Å². The van der Waals surface area contributed by atoms with Gasteiger partial charge in [-0.05, 0) is 18.2 Å². The third-order valence-electron chi connectivity index (χ3n) is 2.48. The number of aromatic nitrogens is 3. The average molecular weight is 258 g/mol. The number of para-hydroxylation sites is 1. The Kier molecular flexibility index (Phi) is 2.77. The van der Waals surface area contributed by atoms with Crippen molar-refractivity contribution >= 4 is 27.5 Å². The Morgan fingerprint density at radius 1 is 1.33 bits per heavy atom. The lowest BCUT2D eigenvalue weighted by atomic mass is 10.3. The van der Waals surface area contributed by atoms with E-state index in [4.69, 9.17) is 0 Å². The molecule has 0 aliphatic carbocycles. The number of nitrogens with one attached hydrogen (secondary N) is 2. The van der Waals surface area contributed by atoms with Crippen molar-refractivity contribution in [1.29, 1.82) is 0 Å². The van der Waals surface area contributed by atoms with Gasteiger partial charge in [-0.1, -0.05) is 12.1 Å². The summed E-state index contributed by atoms with van der Waals surface area (Å²) in [7, 11) is 0. The predicted octanol–water partition coefficient (Wildman–Crippen LogP) is 1.95. The van der Waals surface area contributed by atoms with Crippen LogP contribution in [0.3, 0.4) is 0 Å². The topological polar surface area (TPSA) is 70.7 Å². The number of carbonyl (C=O) groups is 1.